The van der Waals surface area contributed by atoms with Crippen molar-refractivity contribution in [1.82, 2.24) is 21.0 Å². The van der Waals surface area contributed by atoms with Gasteiger partial charge >= 0.3 is 0 Å². The highest BCUT2D eigenvalue weighted by Gasteiger charge is 2.46. The van der Waals surface area contributed by atoms with Crippen LogP contribution in [0.5, 0.6) is 0 Å². The number of amides is 1. The quantitative estimate of drug-likeness (QED) is 0.286. The third-order valence-corrected chi connectivity index (χ3v) is 7.68. The Labute approximate surface area is 180 Å². The summed E-state index contributed by atoms with van der Waals surface area (Å²) in [6, 6.07) is 1.15. The third kappa shape index (κ3) is 5.32. The van der Waals surface area contributed by atoms with E-state index in [0.717, 1.165) is 52.0 Å². The highest BCUT2D eigenvalue weighted by molar-refractivity contribution is 5.73. The number of piperidine rings is 2. The van der Waals surface area contributed by atoms with Gasteiger partial charge in [0.25, 0.3) is 0 Å². The van der Waals surface area contributed by atoms with Gasteiger partial charge in [-0.1, -0.05) is 0 Å². The lowest BCUT2D eigenvalue weighted by Gasteiger charge is -2.37. The van der Waals surface area contributed by atoms with E-state index >= 15 is 0 Å². The zero-order valence-electron chi connectivity index (χ0n) is 18.7. The number of methoxy groups -OCH3 is 1. The Morgan fingerprint density at radius 3 is 2.90 bits per heavy atom. The Morgan fingerprint density at radius 2 is 2.13 bits per heavy atom. The van der Waals surface area contributed by atoms with Crippen molar-refractivity contribution >= 4 is 5.91 Å². The van der Waals surface area contributed by atoms with E-state index in [4.69, 9.17) is 9.57 Å². The molecule has 0 radical (unpaired) electrons. The molecule has 0 aromatic rings. The fourth-order valence-electron chi connectivity index (χ4n) is 6.00. The molecule has 6 atom stereocenters. The van der Waals surface area contributed by atoms with Crippen molar-refractivity contribution in [3.05, 3.63) is 0 Å². The van der Waals surface area contributed by atoms with Crippen molar-refractivity contribution in [3.63, 3.8) is 0 Å². The number of nitrogens with one attached hydrogen (secondary N) is 4. The number of rotatable bonds is 7. The summed E-state index contributed by atoms with van der Waals surface area (Å²) in [5.41, 5.74) is 3.34. The van der Waals surface area contributed by atoms with Crippen LogP contribution in [0, 0.1) is 5.92 Å². The largest absolute Gasteiger partial charge is 0.383 e. The van der Waals surface area contributed by atoms with Gasteiger partial charge in [-0.3, -0.25) is 20.3 Å². The molecular formula is C21H42N6O3+2. The summed E-state index contributed by atoms with van der Waals surface area (Å²) in [5.74, 6) is 0.790. The van der Waals surface area contributed by atoms with Crippen molar-refractivity contribution in [3.8, 4) is 0 Å². The van der Waals surface area contributed by atoms with Gasteiger partial charge in [-0.05, 0) is 0 Å². The van der Waals surface area contributed by atoms with E-state index in [-0.39, 0.29) is 18.3 Å². The number of hydrogen-bond acceptors (Lipinski definition) is 6. The Balaban J connectivity index is 1.27. The molecular weight excluding hydrogens is 384 g/mol. The summed E-state index contributed by atoms with van der Waals surface area (Å²) < 4.78 is 5.17. The smallest absolute Gasteiger partial charge is 0.219 e. The van der Waals surface area contributed by atoms with Crippen LogP contribution in [0.3, 0.4) is 0 Å². The summed E-state index contributed by atoms with van der Waals surface area (Å²) >= 11 is 0. The summed E-state index contributed by atoms with van der Waals surface area (Å²) in [7, 11) is 1.75. The van der Waals surface area contributed by atoms with Crippen LogP contribution in [0.25, 0.3) is 0 Å². The molecule has 4 aliphatic heterocycles. The van der Waals surface area contributed by atoms with Crippen LogP contribution in [0.2, 0.25) is 0 Å². The van der Waals surface area contributed by atoms with Crippen molar-refractivity contribution in [2.24, 2.45) is 5.92 Å². The molecule has 0 aromatic carbocycles. The molecule has 9 nitrogen and oxygen atoms in total. The molecule has 0 aromatic heterocycles. The molecule has 5 unspecified atom stereocenters. The first-order valence-electron chi connectivity index (χ1n) is 12.0. The van der Waals surface area contributed by atoms with Crippen LogP contribution < -0.4 is 26.3 Å². The van der Waals surface area contributed by atoms with Crippen molar-refractivity contribution in [1.29, 1.82) is 0 Å². The van der Waals surface area contributed by atoms with Crippen LogP contribution in [0.4, 0.5) is 0 Å². The SMILES string of the molecule is COCCNC1CC(C2NOC([C@@H]3CCC[NH+]3C3CCN(C(C)=O)CC3)N2)CC[NH2+]1. The van der Waals surface area contributed by atoms with E-state index in [2.05, 4.69) is 21.4 Å². The van der Waals surface area contributed by atoms with E-state index in [1.54, 1.807) is 18.9 Å². The van der Waals surface area contributed by atoms with E-state index < -0.39 is 0 Å². The number of likely N-dealkylation sites (tertiary alicyclic amines) is 2. The minimum Gasteiger partial charge on any atom is -0.383 e. The second-order valence-electron chi connectivity index (χ2n) is 9.52. The number of carbonyl (C=O) groups excluding carboxylic acids is 1. The molecule has 0 saturated carbocycles. The average molecular weight is 427 g/mol. The fraction of sp³-hybridized carbons (Fsp3) is 0.952. The van der Waals surface area contributed by atoms with E-state index in [1.807, 2.05) is 4.90 Å². The predicted molar refractivity (Wildman–Crippen MR) is 112 cm³/mol. The van der Waals surface area contributed by atoms with Crippen LogP contribution in [0.15, 0.2) is 0 Å². The zero-order chi connectivity index (χ0) is 20.9. The first-order valence-corrected chi connectivity index (χ1v) is 12.0. The molecule has 4 fully saturated rings. The van der Waals surface area contributed by atoms with Crippen LogP contribution in [-0.4, -0.2) is 87.9 Å². The summed E-state index contributed by atoms with van der Waals surface area (Å²) in [6.45, 7) is 7.54. The van der Waals surface area contributed by atoms with E-state index in [9.17, 15) is 4.79 Å². The molecule has 0 bridgehead atoms. The number of nitrogens with two attached hydrogens (primary N) is 1. The highest BCUT2D eigenvalue weighted by Crippen LogP contribution is 2.21. The predicted octanol–water partition coefficient (Wildman–Crippen LogP) is -2.64. The first-order chi connectivity index (χ1) is 14.7. The third-order valence-electron chi connectivity index (χ3n) is 7.68. The van der Waals surface area contributed by atoms with Crippen molar-refractivity contribution in [2.45, 2.75) is 76.1 Å². The van der Waals surface area contributed by atoms with Gasteiger partial charge in [0.2, 0.25) is 5.91 Å². The Bertz CT molecular complexity index is 559. The molecule has 4 aliphatic rings. The maximum atomic E-state index is 11.7. The standard InChI is InChI=1S/C21H40N6O3/c1-15(28)26-11-6-17(7-12-26)27-10-3-4-18(27)21-24-20(25-30-21)16-5-8-22-19(14-16)23-9-13-29-2/h16-25H,3-14H2,1-2H3/p+2/t16?,18-,19?,20?,21?/m0/s1. The summed E-state index contributed by atoms with van der Waals surface area (Å²) in [6.07, 6.45) is 7.83. The van der Waals surface area contributed by atoms with Crippen LogP contribution >= 0.6 is 0 Å². The van der Waals surface area contributed by atoms with Crippen molar-refractivity contribution < 1.29 is 24.6 Å². The van der Waals surface area contributed by atoms with Crippen LogP contribution in [-0.2, 0) is 14.4 Å². The summed E-state index contributed by atoms with van der Waals surface area (Å²) in [4.78, 5) is 21.5. The number of ether oxygens (including phenoxy) is 1. The second-order valence-corrected chi connectivity index (χ2v) is 9.52. The normalized spacial score (nSPS) is 38.3. The number of hydroxylamine groups is 1. The molecule has 172 valence electrons. The lowest BCUT2D eigenvalue weighted by atomic mass is 9.92. The number of quaternary nitrogens is 2. The van der Waals surface area contributed by atoms with Gasteiger partial charge in [-0.2, -0.15) is 5.48 Å². The molecule has 9 heteroatoms. The molecule has 0 aliphatic carbocycles. The minimum absolute atomic E-state index is 0.0872. The van der Waals surface area contributed by atoms with Gasteiger partial charge in [0.05, 0.1) is 31.9 Å². The number of carbonyl (C=O) groups is 1. The molecule has 6 N–H and O–H groups in total. The highest BCUT2D eigenvalue weighted by atomic mass is 16.7. The molecule has 4 heterocycles. The Kier molecular flexibility index (Phi) is 7.96. The zero-order valence-corrected chi connectivity index (χ0v) is 18.7. The maximum absolute atomic E-state index is 11.7. The first kappa shape index (κ1) is 22.4. The number of hydrogen-bond donors (Lipinski definition) is 5. The monoisotopic (exact) mass is 426 g/mol. The lowest BCUT2D eigenvalue weighted by molar-refractivity contribution is -0.942. The van der Waals surface area contributed by atoms with E-state index in [0.29, 0.717) is 24.2 Å². The topological polar surface area (TPSA) is 95.9 Å². The number of nitrogens with zero attached hydrogens (tertiary/aromatic N) is 1. The molecule has 0 spiro atoms. The van der Waals surface area contributed by atoms with Gasteiger partial charge in [0.15, 0.2) is 6.23 Å². The molecule has 4 saturated heterocycles. The molecule has 1 amide bonds. The fourth-order valence-corrected chi connectivity index (χ4v) is 6.00. The minimum atomic E-state index is 0.0872. The van der Waals surface area contributed by atoms with Crippen molar-refractivity contribution in [2.75, 3.05) is 46.4 Å². The Hall–Kier alpha value is -0.810. The summed E-state index contributed by atoms with van der Waals surface area (Å²) in [5, 5.41) is 9.81. The van der Waals surface area contributed by atoms with Gasteiger partial charge in [0, 0.05) is 78.1 Å². The molecule has 30 heavy (non-hydrogen) atoms. The average Bonchev–Trinajstić information content (AvgIpc) is 3.44. The lowest BCUT2D eigenvalue weighted by Crippen LogP contribution is -3.19. The van der Waals surface area contributed by atoms with Gasteiger partial charge in [-0.15, -0.1) is 0 Å². The van der Waals surface area contributed by atoms with Gasteiger partial charge in [-0.25, -0.2) is 0 Å². The van der Waals surface area contributed by atoms with E-state index in [1.165, 1.54) is 25.8 Å². The maximum Gasteiger partial charge on any atom is 0.219 e. The Morgan fingerprint density at radius 1 is 1.30 bits per heavy atom. The van der Waals surface area contributed by atoms with Gasteiger partial charge < -0.3 is 19.9 Å². The molecule has 4 rings (SSSR count). The second kappa shape index (κ2) is 10.7. The van der Waals surface area contributed by atoms with Gasteiger partial charge in [0.1, 0.15) is 12.2 Å². The van der Waals surface area contributed by atoms with Crippen LogP contribution in [0.1, 0.15) is 45.4 Å².